The van der Waals surface area contributed by atoms with E-state index in [4.69, 9.17) is 22.1 Å². The summed E-state index contributed by atoms with van der Waals surface area (Å²) in [6.07, 6.45) is 0. The summed E-state index contributed by atoms with van der Waals surface area (Å²) >= 11 is 6.22. The Morgan fingerprint density at radius 2 is 1.55 bits per heavy atom. The van der Waals surface area contributed by atoms with Gasteiger partial charge in [0.25, 0.3) is 5.91 Å². The van der Waals surface area contributed by atoms with Crippen molar-refractivity contribution in [3.63, 3.8) is 0 Å². The maximum absolute atomic E-state index is 12.7. The van der Waals surface area contributed by atoms with Gasteiger partial charge in [0.2, 0.25) is 0 Å². The Kier molecular flexibility index (Phi) is 7.58. The third kappa shape index (κ3) is 5.46. The first-order valence-corrected chi connectivity index (χ1v) is 8.94. The molecule has 0 spiro atoms. The largest absolute Gasteiger partial charge is 0.490 e. The SMILES string of the molecule is COC(=O)c1cc(NC(=O)c2cc(C)c(OCCN)c(Cl)c2)cc(C(=O)OC)c1. The van der Waals surface area contributed by atoms with Gasteiger partial charge in [-0.05, 0) is 42.8 Å². The molecule has 2 aromatic rings. The van der Waals surface area contributed by atoms with Crippen LogP contribution in [0.15, 0.2) is 30.3 Å². The van der Waals surface area contributed by atoms with Gasteiger partial charge in [0, 0.05) is 17.8 Å². The van der Waals surface area contributed by atoms with Crippen LogP contribution in [0.2, 0.25) is 5.02 Å². The third-order valence-electron chi connectivity index (χ3n) is 3.89. The molecule has 8 nitrogen and oxygen atoms in total. The number of methoxy groups -OCH3 is 2. The second-order valence-electron chi connectivity index (χ2n) is 5.98. The fourth-order valence-corrected chi connectivity index (χ4v) is 2.90. The minimum atomic E-state index is -0.661. The van der Waals surface area contributed by atoms with Gasteiger partial charge in [0.1, 0.15) is 12.4 Å². The van der Waals surface area contributed by atoms with E-state index in [-0.39, 0.29) is 27.4 Å². The third-order valence-corrected chi connectivity index (χ3v) is 4.17. The molecule has 0 heterocycles. The van der Waals surface area contributed by atoms with Gasteiger partial charge in [-0.1, -0.05) is 11.6 Å². The number of rotatable bonds is 7. The molecule has 0 aliphatic carbocycles. The second-order valence-corrected chi connectivity index (χ2v) is 6.38. The van der Waals surface area contributed by atoms with E-state index in [2.05, 4.69) is 14.8 Å². The smallest absolute Gasteiger partial charge is 0.337 e. The summed E-state index contributed by atoms with van der Waals surface area (Å²) in [5.41, 5.74) is 6.76. The van der Waals surface area contributed by atoms with Crippen molar-refractivity contribution in [2.24, 2.45) is 5.73 Å². The molecule has 0 unspecified atom stereocenters. The van der Waals surface area contributed by atoms with Crippen LogP contribution in [0, 0.1) is 6.92 Å². The molecule has 0 bridgehead atoms. The molecule has 154 valence electrons. The van der Waals surface area contributed by atoms with Crippen molar-refractivity contribution in [2.75, 3.05) is 32.7 Å². The molecule has 1 amide bonds. The summed E-state index contributed by atoms with van der Waals surface area (Å²) in [5, 5.41) is 2.91. The predicted octanol–water partition coefficient (Wildman–Crippen LogP) is 2.81. The molecule has 29 heavy (non-hydrogen) atoms. The normalized spacial score (nSPS) is 10.2. The first kappa shape index (κ1) is 22.2. The van der Waals surface area contributed by atoms with Crippen LogP contribution in [0.3, 0.4) is 0 Å². The minimum absolute atomic E-state index is 0.0884. The van der Waals surface area contributed by atoms with E-state index in [0.29, 0.717) is 24.5 Å². The minimum Gasteiger partial charge on any atom is -0.490 e. The van der Waals surface area contributed by atoms with Crippen molar-refractivity contribution in [3.8, 4) is 5.75 Å². The Labute approximate surface area is 172 Å². The standard InChI is InChI=1S/C20H21ClN2O6/c1-11-6-12(10-16(21)17(11)29-5-4-22)18(24)23-15-8-13(19(25)27-2)7-14(9-15)20(26)28-3/h6-10H,4-5,22H2,1-3H3,(H,23,24). The van der Waals surface area contributed by atoms with Crippen molar-refractivity contribution in [2.45, 2.75) is 6.92 Å². The highest BCUT2D eigenvalue weighted by atomic mass is 35.5. The maximum Gasteiger partial charge on any atom is 0.337 e. The molecule has 0 saturated carbocycles. The lowest BCUT2D eigenvalue weighted by Crippen LogP contribution is -2.15. The average Bonchev–Trinajstić information content (AvgIpc) is 2.71. The van der Waals surface area contributed by atoms with E-state index in [1.165, 1.54) is 38.5 Å². The summed E-state index contributed by atoms with van der Waals surface area (Å²) in [7, 11) is 2.43. The molecule has 9 heteroatoms. The summed E-state index contributed by atoms with van der Waals surface area (Å²) in [4.78, 5) is 36.4. The van der Waals surface area contributed by atoms with E-state index in [1.807, 2.05) is 0 Å². The van der Waals surface area contributed by atoms with E-state index in [1.54, 1.807) is 13.0 Å². The van der Waals surface area contributed by atoms with Gasteiger partial charge in [0.15, 0.2) is 0 Å². The van der Waals surface area contributed by atoms with Crippen LogP contribution in [0.5, 0.6) is 5.75 Å². The summed E-state index contributed by atoms with van der Waals surface area (Å²) in [6.45, 7) is 2.38. The van der Waals surface area contributed by atoms with Crippen molar-refractivity contribution < 1.29 is 28.6 Å². The molecular weight excluding hydrogens is 400 g/mol. The van der Waals surface area contributed by atoms with Crippen molar-refractivity contribution in [1.29, 1.82) is 0 Å². The maximum atomic E-state index is 12.7. The molecule has 0 aromatic heterocycles. The van der Waals surface area contributed by atoms with Crippen LogP contribution in [-0.2, 0) is 9.47 Å². The van der Waals surface area contributed by atoms with Crippen LogP contribution in [0.25, 0.3) is 0 Å². The van der Waals surface area contributed by atoms with E-state index >= 15 is 0 Å². The van der Waals surface area contributed by atoms with E-state index in [9.17, 15) is 14.4 Å². The van der Waals surface area contributed by atoms with Gasteiger partial charge in [-0.15, -0.1) is 0 Å². The number of hydrogen-bond acceptors (Lipinski definition) is 7. The number of hydrogen-bond donors (Lipinski definition) is 2. The van der Waals surface area contributed by atoms with Crippen molar-refractivity contribution in [3.05, 3.63) is 57.6 Å². The monoisotopic (exact) mass is 420 g/mol. The van der Waals surface area contributed by atoms with E-state index < -0.39 is 17.8 Å². The fourth-order valence-electron chi connectivity index (χ4n) is 2.58. The number of aryl methyl sites for hydroxylation is 1. The zero-order valence-electron chi connectivity index (χ0n) is 16.2. The summed E-state index contributed by atoms with van der Waals surface area (Å²) in [6, 6.07) is 7.17. The molecule has 0 saturated heterocycles. The first-order chi connectivity index (χ1) is 13.8. The molecule has 3 N–H and O–H groups in total. The summed E-state index contributed by atoms with van der Waals surface area (Å²) in [5.74, 6) is -1.36. The number of benzene rings is 2. The highest BCUT2D eigenvalue weighted by Crippen LogP contribution is 2.30. The molecule has 0 aliphatic rings. The quantitative estimate of drug-likeness (QED) is 0.661. The number of esters is 2. The predicted molar refractivity (Wildman–Crippen MR) is 108 cm³/mol. The number of carbonyl (C=O) groups is 3. The number of anilines is 1. The zero-order chi connectivity index (χ0) is 21.6. The van der Waals surface area contributed by atoms with Crippen LogP contribution >= 0.6 is 11.6 Å². The molecular formula is C20H21ClN2O6. The topological polar surface area (TPSA) is 117 Å². The zero-order valence-corrected chi connectivity index (χ0v) is 17.0. The van der Waals surface area contributed by atoms with Gasteiger partial charge in [-0.3, -0.25) is 4.79 Å². The van der Waals surface area contributed by atoms with Crippen molar-refractivity contribution >= 4 is 35.1 Å². The average molecular weight is 421 g/mol. The Balaban J connectivity index is 2.34. The fraction of sp³-hybridized carbons (Fsp3) is 0.250. The number of ether oxygens (including phenoxy) is 3. The van der Waals surface area contributed by atoms with Gasteiger partial charge in [-0.2, -0.15) is 0 Å². The molecule has 0 atom stereocenters. The summed E-state index contributed by atoms with van der Waals surface area (Å²) < 4.78 is 14.9. The van der Waals surface area contributed by atoms with E-state index in [0.717, 1.165) is 0 Å². The highest BCUT2D eigenvalue weighted by Gasteiger charge is 2.17. The van der Waals surface area contributed by atoms with Gasteiger partial charge in [-0.25, -0.2) is 9.59 Å². The van der Waals surface area contributed by atoms with Crippen LogP contribution in [-0.4, -0.2) is 45.2 Å². The lowest BCUT2D eigenvalue weighted by Gasteiger charge is -2.13. The van der Waals surface area contributed by atoms with Gasteiger partial charge >= 0.3 is 11.9 Å². The molecule has 0 fully saturated rings. The molecule has 2 rings (SSSR count). The lowest BCUT2D eigenvalue weighted by atomic mass is 10.1. The Morgan fingerprint density at radius 3 is 2.03 bits per heavy atom. The number of nitrogens with two attached hydrogens (primary N) is 1. The Bertz CT molecular complexity index is 887. The first-order valence-electron chi connectivity index (χ1n) is 8.56. The van der Waals surface area contributed by atoms with Crippen LogP contribution < -0.4 is 15.8 Å². The highest BCUT2D eigenvalue weighted by molar-refractivity contribution is 6.32. The number of amides is 1. The number of nitrogens with one attached hydrogen (secondary N) is 1. The van der Waals surface area contributed by atoms with Crippen LogP contribution in [0.1, 0.15) is 36.6 Å². The Morgan fingerprint density at radius 1 is 0.966 bits per heavy atom. The second kappa shape index (κ2) is 9.90. The molecule has 2 aromatic carbocycles. The van der Waals surface area contributed by atoms with Crippen LogP contribution in [0.4, 0.5) is 5.69 Å². The van der Waals surface area contributed by atoms with Gasteiger partial charge in [0.05, 0.1) is 30.4 Å². The Hall–Kier alpha value is -3.10. The number of halogens is 1. The molecule has 0 aliphatic heterocycles. The number of carbonyl (C=O) groups excluding carboxylic acids is 3. The van der Waals surface area contributed by atoms with Gasteiger partial charge < -0.3 is 25.3 Å². The lowest BCUT2D eigenvalue weighted by molar-refractivity contribution is 0.0599. The van der Waals surface area contributed by atoms with Crippen molar-refractivity contribution in [1.82, 2.24) is 0 Å². The molecule has 0 radical (unpaired) electrons.